The summed E-state index contributed by atoms with van der Waals surface area (Å²) in [4.78, 5) is 9.89. The van der Waals surface area contributed by atoms with Crippen molar-refractivity contribution in [2.24, 2.45) is 10.4 Å². The summed E-state index contributed by atoms with van der Waals surface area (Å²) in [5, 5.41) is 7.88. The predicted molar refractivity (Wildman–Crippen MR) is 103 cm³/mol. The molecule has 1 aromatic rings. The van der Waals surface area contributed by atoms with E-state index in [9.17, 15) is 0 Å². The molecule has 0 amide bonds. The van der Waals surface area contributed by atoms with E-state index in [0.29, 0.717) is 5.41 Å². The predicted octanol–water partition coefficient (Wildman–Crippen LogP) is 2.94. The number of nitrogens with one attached hydrogen (secondary N) is 2. The molecule has 1 aliphatic carbocycles. The van der Waals surface area contributed by atoms with Gasteiger partial charge in [0.1, 0.15) is 5.01 Å². The summed E-state index contributed by atoms with van der Waals surface area (Å²) in [5.41, 5.74) is 0.394. The van der Waals surface area contributed by atoms with Crippen molar-refractivity contribution < 1.29 is 4.74 Å². The Balaban J connectivity index is 0.00000242. The molecule has 0 saturated heterocycles. The maximum Gasteiger partial charge on any atom is 0.191 e. The number of aliphatic imine (C=N–C) groups is 1. The van der Waals surface area contributed by atoms with Gasteiger partial charge in [-0.1, -0.05) is 6.42 Å². The second-order valence-electron chi connectivity index (χ2n) is 5.74. The summed E-state index contributed by atoms with van der Waals surface area (Å²) in [6, 6.07) is 0. The molecule has 0 aliphatic heterocycles. The first-order valence-corrected chi connectivity index (χ1v) is 8.34. The number of aromatic nitrogens is 1. The van der Waals surface area contributed by atoms with Gasteiger partial charge >= 0.3 is 0 Å². The number of nitrogens with zero attached hydrogens (tertiary/aromatic N) is 2. The summed E-state index contributed by atoms with van der Waals surface area (Å²) in [6.07, 6.45) is 6.93. The number of hydrogen-bond acceptors (Lipinski definition) is 4. The van der Waals surface area contributed by atoms with Gasteiger partial charge in [0.2, 0.25) is 0 Å². The van der Waals surface area contributed by atoms with Crippen molar-refractivity contribution in [3.05, 3.63) is 16.1 Å². The molecule has 0 radical (unpaired) electrons. The largest absolute Gasteiger partial charge is 0.385 e. The fourth-order valence-electron chi connectivity index (χ4n) is 2.64. The molecule has 0 spiro atoms. The highest BCUT2D eigenvalue weighted by molar-refractivity contribution is 14.0. The van der Waals surface area contributed by atoms with Crippen molar-refractivity contribution in [3.8, 4) is 0 Å². The average Bonchev–Trinajstić information content (AvgIpc) is 2.86. The molecule has 126 valence electrons. The molecule has 0 bridgehead atoms. The number of thiazole rings is 1. The molecule has 2 rings (SSSR count). The Morgan fingerprint density at radius 1 is 1.45 bits per heavy atom. The Hall–Kier alpha value is -0.410. The molecular formula is C15H27IN4OS. The van der Waals surface area contributed by atoms with Crippen LogP contribution in [-0.2, 0) is 11.3 Å². The van der Waals surface area contributed by atoms with Crippen LogP contribution in [0, 0.1) is 12.3 Å². The minimum Gasteiger partial charge on any atom is -0.385 e. The van der Waals surface area contributed by atoms with Crippen LogP contribution in [0.25, 0.3) is 0 Å². The van der Waals surface area contributed by atoms with E-state index in [1.165, 1.54) is 24.1 Å². The third-order valence-electron chi connectivity index (χ3n) is 4.18. The van der Waals surface area contributed by atoms with Crippen LogP contribution >= 0.6 is 35.3 Å². The second kappa shape index (κ2) is 9.67. The lowest BCUT2D eigenvalue weighted by Crippen LogP contribution is -2.46. The molecule has 5 nitrogen and oxygen atoms in total. The number of ether oxygens (including phenoxy) is 1. The van der Waals surface area contributed by atoms with Crippen molar-refractivity contribution in [3.63, 3.8) is 0 Å². The third kappa shape index (κ3) is 5.66. The van der Waals surface area contributed by atoms with Gasteiger partial charge in [0.15, 0.2) is 5.96 Å². The summed E-state index contributed by atoms with van der Waals surface area (Å²) in [5.74, 6) is 0.853. The molecular weight excluding hydrogens is 411 g/mol. The van der Waals surface area contributed by atoms with Crippen LogP contribution < -0.4 is 10.6 Å². The fraction of sp³-hybridized carbons (Fsp3) is 0.733. The highest BCUT2D eigenvalue weighted by atomic mass is 127. The molecule has 1 heterocycles. The topological polar surface area (TPSA) is 58.5 Å². The summed E-state index contributed by atoms with van der Waals surface area (Å²) in [6.45, 7) is 4.60. The number of hydrogen-bond donors (Lipinski definition) is 2. The van der Waals surface area contributed by atoms with E-state index in [-0.39, 0.29) is 24.0 Å². The molecule has 1 aliphatic rings. The van der Waals surface area contributed by atoms with Crippen LogP contribution in [0.4, 0.5) is 0 Å². The summed E-state index contributed by atoms with van der Waals surface area (Å²) < 4.78 is 5.23. The van der Waals surface area contributed by atoms with E-state index < -0.39 is 0 Å². The van der Waals surface area contributed by atoms with Crippen molar-refractivity contribution in [1.82, 2.24) is 15.6 Å². The lowest BCUT2D eigenvalue weighted by atomic mass is 9.67. The zero-order chi connectivity index (χ0) is 15.1. The van der Waals surface area contributed by atoms with Gasteiger partial charge in [-0.3, -0.25) is 4.99 Å². The highest BCUT2D eigenvalue weighted by Gasteiger charge is 2.36. The monoisotopic (exact) mass is 438 g/mol. The molecule has 0 aromatic carbocycles. The Morgan fingerprint density at radius 3 is 2.73 bits per heavy atom. The summed E-state index contributed by atoms with van der Waals surface area (Å²) >= 11 is 1.72. The zero-order valence-corrected chi connectivity index (χ0v) is 16.8. The van der Waals surface area contributed by atoms with Crippen LogP contribution in [0.5, 0.6) is 0 Å². The summed E-state index contributed by atoms with van der Waals surface area (Å²) in [7, 11) is 3.58. The minimum absolute atomic E-state index is 0. The number of aryl methyl sites for hydroxylation is 1. The van der Waals surface area contributed by atoms with Gasteiger partial charge in [-0.05, 0) is 31.6 Å². The molecule has 7 heteroatoms. The van der Waals surface area contributed by atoms with Crippen molar-refractivity contribution >= 4 is 41.3 Å². The molecule has 1 fully saturated rings. The molecule has 0 unspecified atom stereocenters. The first-order valence-electron chi connectivity index (χ1n) is 7.52. The van der Waals surface area contributed by atoms with E-state index >= 15 is 0 Å². The van der Waals surface area contributed by atoms with Gasteiger partial charge in [0.05, 0.1) is 6.54 Å². The first kappa shape index (κ1) is 19.6. The van der Waals surface area contributed by atoms with Crippen LogP contribution in [0.15, 0.2) is 11.2 Å². The molecule has 1 aromatic heterocycles. The normalized spacial score (nSPS) is 16.6. The Bertz CT molecular complexity index is 474. The second-order valence-corrected chi connectivity index (χ2v) is 7.06. The third-order valence-corrected chi connectivity index (χ3v) is 5.09. The maximum absolute atomic E-state index is 5.23. The van der Waals surface area contributed by atoms with Crippen molar-refractivity contribution in [2.75, 3.05) is 27.3 Å². The van der Waals surface area contributed by atoms with E-state index in [1.54, 1.807) is 18.4 Å². The Labute approximate surface area is 154 Å². The highest BCUT2D eigenvalue weighted by Crippen LogP contribution is 2.43. The fourth-order valence-corrected chi connectivity index (χ4v) is 3.37. The zero-order valence-electron chi connectivity index (χ0n) is 13.6. The molecule has 1 saturated carbocycles. The van der Waals surface area contributed by atoms with Gasteiger partial charge in [-0.15, -0.1) is 35.3 Å². The standard InChI is InChI=1S/C15H26N4OS.HI/c1-12-9-17-13(21-12)10-18-14(16-2)19-11-15(5-4-6-15)7-8-20-3;/h9H,4-8,10-11H2,1-3H3,(H2,16,18,19);1H. The lowest BCUT2D eigenvalue weighted by Gasteiger charge is -2.42. The molecule has 22 heavy (non-hydrogen) atoms. The van der Waals surface area contributed by atoms with E-state index in [0.717, 1.165) is 37.1 Å². The van der Waals surface area contributed by atoms with Crippen LogP contribution in [0.1, 0.15) is 35.6 Å². The average molecular weight is 438 g/mol. The Morgan fingerprint density at radius 2 is 2.23 bits per heavy atom. The van der Waals surface area contributed by atoms with Crippen LogP contribution in [0.3, 0.4) is 0 Å². The quantitative estimate of drug-likeness (QED) is 0.391. The van der Waals surface area contributed by atoms with Gasteiger partial charge in [0.25, 0.3) is 0 Å². The maximum atomic E-state index is 5.23. The number of halogens is 1. The van der Waals surface area contributed by atoms with Crippen LogP contribution in [-0.4, -0.2) is 38.3 Å². The van der Waals surface area contributed by atoms with Gasteiger partial charge in [-0.2, -0.15) is 0 Å². The number of rotatable bonds is 7. The molecule has 0 atom stereocenters. The van der Waals surface area contributed by atoms with Gasteiger partial charge in [0, 0.05) is 38.4 Å². The molecule has 2 N–H and O–H groups in total. The minimum atomic E-state index is 0. The number of guanidine groups is 1. The van der Waals surface area contributed by atoms with E-state index in [4.69, 9.17) is 4.74 Å². The Kier molecular flexibility index (Phi) is 8.63. The van der Waals surface area contributed by atoms with E-state index in [2.05, 4.69) is 27.5 Å². The number of methoxy groups -OCH3 is 1. The van der Waals surface area contributed by atoms with Crippen molar-refractivity contribution in [2.45, 2.75) is 39.2 Å². The van der Waals surface area contributed by atoms with Gasteiger partial charge < -0.3 is 15.4 Å². The van der Waals surface area contributed by atoms with E-state index in [1.807, 2.05) is 13.2 Å². The van der Waals surface area contributed by atoms with Gasteiger partial charge in [-0.25, -0.2) is 4.98 Å². The van der Waals surface area contributed by atoms with Crippen molar-refractivity contribution in [1.29, 1.82) is 0 Å². The lowest BCUT2D eigenvalue weighted by molar-refractivity contribution is 0.0732. The SMILES string of the molecule is CN=C(NCc1ncc(C)s1)NCC1(CCOC)CCC1.I. The first-order chi connectivity index (χ1) is 10.2. The smallest absolute Gasteiger partial charge is 0.191 e. The van der Waals surface area contributed by atoms with Crippen LogP contribution in [0.2, 0.25) is 0 Å².